The van der Waals surface area contributed by atoms with Crippen LogP contribution in [0.15, 0.2) is 10.6 Å². The number of halogens is 2. The highest BCUT2D eigenvalue weighted by atomic mass is 35.5. The van der Waals surface area contributed by atoms with Crippen molar-refractivity contribution in [2.24, 2.45) is 0 Å². The summed E-state index contributed by atoms with van der Waals surface area (Å²) >= 11 is 15.8. The van der Waals surface area contributed by atoms with Gasteiger partial charge in [0.05, 0.1) is 13.2 Å². The van der Waals surface area contributed by atoms with E-state index in [1.807, 2.05) is 6.92 Å². The van der Waals surface area contributed by atoms with Crippen molar-refractivity contribution in [1.82, 2.24) is 0 Å². The van der Waals surface area contributed by atoms with Crippen LogP contribution in [0.3, 0.4) is 0 Å². The van der Waals surface area contributed by atoms with Gasteiger partial charge in [0.15, 0.2) is 6.49 Å². The molecule has 0 saturated carbocycles. The average molecular weight is 249 g/mol. The standard InChI is InChI=1S/C6H11Cl2O2PS/c1-3-9-11(2,12)10-5-4-6(7)8/h4H,3,5H2,1-2H3. The molecule has 0 aromatic heterocycles. The predicted molar refractivity (Wildman–Crippen MR) is 57.6 cm³/mol. The van der Waals surface area contributed by atoms with Crippen LogP contribution in [0.25, 0.3) is 0 Å². The zero-order valence-electron chi connectivity index (χ0n) is 6.92. The molecular weight excluding hydrogens is 238 g/mol. The zero-order chi connectivity index (χ0) is 9.61. The maximum atomic E-state index is 5.37. The Balaban J connectivity index is 3.76. The summed E-state index contributed by atoms with van der Waals surface area (Å²) in [6, 6.07) is 0. The van der Waals surface area contributed by atoms with Gasteiger partial charge in [0.2, 0.25) is 0 Å². The van der Waals surface area contributed by atoms with E-state index in [1.165, 1.54) is 6.08 Å². The molecule has 0 aliphatic heterocycles. The van der Waals surface area contributed by atoms with Gasteiger partial charge in [-0.15, -0.1) is 0 Å². The maximum absolute atomic E-state index is 5.37. The molecular formula is C6H11Cl2O2PS. The number of hydrogen-bond donors (Lipinski definition) is 0. The summed E-state index contributed by atoms with van der Waals surface area (Å²) in [5.41, 5.74) is 0. The smallest absolute Gasteiger partial charge is 0.185 e. The second-order valence-electron chi connectivity index (χ2n) is 1.98. The molecule has 1 atom stereocenters. The fourth-order valence-corrected chi connectivity index (χ4v) is 2.02. The van der Waals surface area contributed by atoms with Gasteiger partial charge in [-0.05, 0) is 24.8 Å². The van der Waals surface area contributed by atoms with Crippen LogP contribution >= 0.6 is 29.7 Å². The van der Waals surface area contributed by atoms with E-state index in [0.29, 0.717) is 13.2 Å². The van der Waals surface area contributed by atoms with Crippen molar-refractivity contribution in [3.05, 3.63) is 10.6 Å². The first-order valence-corrected chi connectivity index (χ1v) is 7.20. The zero-order valence-corrected chi connectivity index (χ0v) is 10.1. The van der Waals surface area contributed by atoms with Crippen LogP contribution in [0, 0.1) is 0 Å². The third-order valence-corrected chi connectivity index (χ3v) is 3.20. The molecule has 0 amide bonds. The molecule has 0 spiro atoms. The van der Waals surface area contributed by atoms with Gasteiger partial charge in [-0.3, -0.25) is 0 Å². The van der Waals surface area contributed by atoms with E-state index in [2.05, 4.69) is 0 Å². The van der Waals surface area contributed by atoms with E-state index in [0.717, 1.165) is 0 Å². The van der Waals surface area contributed by atoms with Crippen LogP contribution in [0.1, 0.15) is 6.92 Å². The Bertz CT molecular complexity index is 204. The monoisotopic (exact) mass is 248 g/mol. The van der Waals surface area contributed by atoms with Gasteiger partial charge in [-0.2, -0.15) is 0 Å². The van der Waals surface area contributed by atoms with Crippen molar-refractivity contribution in [2.75, 3.05) is 19.9 Å². The van der Waals surface area contributed by atoms with Crippen LogP contribution in [0.2, 0.25) is 0 Å². The van der Waals surface area contributed by atoms with Gasteiger partial charge >= 0.3 is 0 Å². The molecule has 0 aliphatic rings. The van der Waals surface area contributed by atoms with E-state index in [4.69, 9.17) is 44.1 Å². The minimum Gasteiger partial charge on any atom is -0.330 e. The summed E-state index contributed by atoms with van der Waals surface area (Å²) in [6.07, 6.45) is 1.53. The van der Waals surface area contributed by atoms with E-state index >= 15 is 0 Å². The summed E-state index contributed by atoms with van der Waals surface area (Å²) in [6.45, 7) is 2.43. The van der Waals surface area contributed by atoms with E-state index < -0.39 is 6.49 Å². The van der Waals surface area contributed by atoms with Crippen molar-refractivity contribution < 1.29 is 9.05 Å². The van der Waals surface area contributed by atoms with Gasteiger partial charge in [0, 0.05) is 6.66 Å². The number of hydrogen-bond acceptors (Lipinski definition) is 3. The quantitative estimate of drug-likeness (QED) is 0.696. The Morgan fingerprint density at radius 1 is 1.50 bits per heavy atom. The van der Waals surface area contributed by atoms with Gasteiger partial charge in [-0.25, -0.2) is 0 Å². The highest BCUT2D eigenvalue weighted by Gasteiger charge is 2.08. The fourth-order valence-electron chi connectivity index (χ4n) is 0.507. The normalized spacial score (nSPS) is 15.3. The van der Waals surface area contributed by atoms with Gasteiger partial charge in [0.25, 0.3) is 0 Å². The molecule has 72 valence electrons. The first kappa shape index (κ1) is 12.9. The predicted octanol–water partition coefficient (Wildman–Crippen LogP) is 3.30. The fraction of sp³-hybridized carbons (Fsp3) is 0.667. The molecule has 0 aliphatic carbocycles. The molecule has 0 saturated heterocycles. The molecule has 12 heavy (non-hydrogen) atoms. The van der Waals surface area contributed by atoms with Crippen LogP contribution in [0.5, 0.6) is 0 Å². The lowest BCUT2D eigenvalue weighted by Gasteiger charge is -2.15. The minimum atomic E-state index is -2.08. The molecule has 0 aromatic rings. The molecule has 0 aromatic carbocycles. The third kappa shape index (κ3) is 7.53. The van der Waals surface area contributed by atoms with E-state index in [1.54, 1.807) is 6.66 Å². The van der Waals surface area contributed by atoms with Crippen molar-refractivity contribution in [3.63, 3.8) is 0 Å². The molecule has 1 unspecified atom stereocenters. The highest BCUT2D eigenvalue weighted by Crippen LogP contribution is 2.43. The van der Waals surface area contributed by atoms with E-state index in [9.17, 15) is 0 Å². The third-order valence-electron chi connectivity index (χ3n) is 0.910. The molecule has 0 rings (SSSR count). The average Bonchev–Trinajstić information content (AvgIpc) is 1.85. The summed E-state index contributed by atoms with van der Waals surface area (Å²) < 4.78 is 10.6. The lowest BCUT2D eigenvalue weighted by molar-refractivity contribution is 0.281. The lowest BCUT2D eigenvalue weighted by Crippen LogP contribution is -1.93. The highest BCUT2D eigenvalue weighted by molar-refractivity contribution is 8.09. The Morgan fingerprint density at radius 3 is 2.50 bits per heavy atom. The lowest BCUT2D eigenvalue weighted by atomic mass is 10.7. The van der Waals surface area contributed by atoms with Crippen molar-refractivity contribution in [1.29, 1.82) is 0 Å². The topological polar surface area (TPSA) is 18.5 Å². The van der Waals surface area contributed by atoms with Crippen LogP contribution in [0.4, 0.5) is 0 Å². The van der Waals surface area contributed by atoms with Gasteiger partial charge < -0.3 is 9.05 Å². The summed E-state index contributed by atoms with van der Waals surface area (Å²) in [5, 5.41) is 0. The second-order valence-corrected chi connectivity index (χ2v) is 7.04. The first-order valence-electron chi connectivity index (χ1n) is 3.35. The summed E-state index contributed by atoms with van der Waals surface area (Å²) in [5.74, 6) is 0. The number of rotatable bonds is 5. The Hall–Kier alpha value is 0.890. The van der Waals surface area contributed by atoms with Gasteiger partial charge in [-0.1, -0.05) is 23.2 Å². The minimum absolute atomic E-state index is 0.182. The van der Waals surface area contributed by atoms with Crippen molar-refractivity contribution in [3.8, 4) is 0 Å². The van der Waals surface area contributed by atoms with E-state index in [-0.39, 0.29) is 4.49 Å². The molecule has 2 nitrogen and oxygen atoms in total. The Kier molecular flexibility index (Phi) is 6.83. The Labute approximate surface area is 88.0 Å². The second kappa shape index (κ2) is 6.36. The molecule has 0 N–H and O–H groups in total. The van der Waals surface area contributed by atoms with Crippen LogP contribution in [-0.4, -0.2) is 19.9 Å². The maximum Gasteiger partial charge on any atom is 0.185 e. The van der Waals surface area contributed by atoms with Crippen LogP contribution < -0.4 is 0 Å². The first-order chi connectivity index (χ1) is 5.48. The largest absolute Gasteiger partial charge is 0.330 e. The molecule has 0 radical (unpaired) electrons. The van der Waals surface area contributed by atoms with Crippen LogP contribution in [-0.2, 0) is 20.9 Å². The Morgan fingerprint density at radius 2 is 2.08 bits per heavy atom. The summed E-state index contributed by atoms with van der Waals surface area (Å²) in [7, 11) is 0. The molecule has 0 fully saturated rings. The van der Waals surface area contributed by atoms with Gasteiger partial charge in [0.1, 0.15) is 4.49 Å². The SMILES string of the molecule is CCOP(C)(=S)OCC=C(Cl)Cl. The van der Waals surface area contributed by atoms with Crippen molar-refractivity contribution >= 4 is 41.5 Å². The summed E-state index contributed by atoms with van der Waals surface area (Å²) in [4.78, 5) is 0. The van der Waals surface area contributed by atoms with Crippen molar-refractivity contribution in [2.45, 2.75) is 6.92 Å². The molecule has 0 heterocycles. The molecule has 6 heteroatoms. The molecule has 0 bridgehead atoms.